The zero-order chi connectivity index (χ0) is 28.2. The normalized spacial score (nSPS) is 12.6. The topological polar surface area (TPSA) is 114 Å². The first-order valence-electron chi connectivity index (χ1n) is 12.4. The van der Waals surface area contributed by atoms with Crippen LogP contribution < -0.4 is 10.6 Å². The molecule has 2 N–H and O–H groups in total. The van der Waals surface area contributed by atoms with Gasteiger partial charge < -0.3 is 25.0 Å². The van der Waals surface area contributed by atoms with Gasteiger partial charge in [-0.25, -0.2) is 4.79 Å². The summed E-state index contributed by atoms with van der Waals surface area (Å²) in [7, 11) is 0. The molecule has 2 atom stereocenters. The lowest BCUT2D eigenvalue weighted by Gasteiger charge is -2.35. The molecule has 0 radical (unpaired) electrons. The monoisotopic (exact) mass is 515 g/mol. The Balaban J connectivity index is 3.38. The van der Waals surface area contributed by atoms with Crippen molar-refractivity contribution in [2.24, 2.45) is 5.92 Å². The number of nitrogens with zero attached hydrogens (tertiary/aromatic N) is 1. The molecule has 0 aliphatic rings. The second-order valence-corrected chi connectivity index (χ2v) is 9.77. The molecule has 204 valence electrons. The first-order valence-corrected chi connectivity index (χ1v) is 12.4. The molecule has 0 spiro atoms. The number of nitrogens with one attached hydrogen (secondary N) is 2. The smallest absolute Gasteiger partial charge is 0.408 e. The summed E-state index contributed by atoms with van der Waals surface area (Å²) in [5.74, 6) is -1.70. The van der Waals surface area contributed by atoms with E-state index in [9.17, 15) is 19.2 Å². The molecule has 9 heteroatoms. The Labute approximate surface area is 220 Å². The van der Waals surface area contributed by atoms with Gasteiger partial charge in [-0.3, -0.25) is 14.4 Å². The number of ether oxygens (including phenoxy) is 2. The van der Waals surface area contributed by atoms with E-state index in [1.165, 1.54) is 11.0 Å². The van der Waals surface area contributed by atoms with E-state index < -0.39 is 41.6 Å². The van der Waals surface area contributed by atoms with E-state index in [0.29, 0.717) is 5.56 Å². The largest absolute Gasteiger partial charge is 0.466 e. The van der Waals surface area contributed by atoms with Crippen molar-refractivity contribution < 1.29 is 28.7 Å². The predicted octanol–water partition coefficient (Wildman–Crippen LogP) is 4.00. The number of rotatable bonds is 13. The maximum Gasteiger partial charge on any atom is 0.408 e. The number of hydrogen-bond acceptors (Lipinski definition) is 6. The highest BCUT2D eigenvalue weighted by Gasteiger charge is 2.37. The first-order chi connectivity index (χ1) is 17.3. The fourth-order valence-corrected chi connectivity index (χ4v) is 3.53. The van der Waals surface area contributed by atoms with Gasteiger partial charge in [-0.05, 0) is 50.8 Å². The number of alkyl carbamates (subject to hydrolysis) is 1. The van der Waals surface area contributed by atoms with E-state index in [-0.39, 0.29) is 32.0 Å². The van der Waals surface area contributed by atoms with Crippen LogP contribution >= 0.6 is 0 Å². The van der Waals surface area contributed by atoms with Crippen molar-refractivity contribution >= 4 is 30.0 Å². The quantitative estimate of drug-likeness (QED) is 0.303. The van der Waals surface area contributed by atoms with E-state index in [2.05, 4.69) is 23.8 Å². The first kappa shape index (κ1) is 31.4. The van der Waals surface area contributed by atoms with Gasteiger partial charge in [-0.1, -0.05) is 50.8 Å². The summed E-state index contributed by atoms with van der Waals surface area (Å²) < 4.78 is 10.3. The zero-order valence-electron chi connectivity index (χ0n) is 22.8. The third-order valence-electron chi connectivity index (χ3n) is 5.17. The molecule has 0 aromatic heterocycles. The van der Waals surface area contributed by atoms with E-state index in [4.69, 9.17) is 9.47 Å². The molecule has 0 bridgehead atoms. The average Bonchev–Trinajstić information content (AvgIpc) is 2.81. The van der Waals surface area contributed by atoms with Crippen molar-refractivity contribution in [1.29, 1.82) is 0 Å². The Morgan fingerprint density at radius 2 is 1.81 bits per heavy atom. The summed E-state index contributed by atoms with van der Waals surface area (Å²) >= 11 is 0. The molecule has 37 heavy (non-hydrogen) atoms. The number of esters is 1. The highest BCUT2D eigenvalue weighted by atomic mass is 16.6. The number of hydrogen-bond donors (Lipinski definition) is 2. The van der Waals surface area contributed by atoms with Gasteiger partial charge in [0, 0.05) is 13.1 Å². The lowest BCUT2D eigenvalue weighted by Crippen LogP contribution is -2.55. The molecule has 0 fully saturated rings. The summed E-state index contributed by atoms with van der Waals surface area (Å²) in [4.78, 5) is 52.9. The average molecular weight is 516 g/mol. The van der Waals surface area contributed by atoms with Crippen LogP contribution in [0.4, 0.5) is 4.79 Å². The fraction of sp³-hybridized carbons (Fsp3) is 0.500. The van der Waals surface area contributed by atoms with Gasteiger partial charge in [0.05, 0.1) is 13.0 Å². The maximum atomic E-state index is 13.9. The minimum Gasteiger partial charge on any atom is -0.466 e. The summed E-state index contributed by atoms with van der Waals surface area (Å²) in [5.41, 5.74) is 0.559. The zero-order valence-corrected chi connectivity index (χ0v) is 22.8. The summed E-state index contributed by atoms with van der Waals surface area (Å²) in [6, 6.07) is 5.06. The minimum absolute atomic E-state index is 0.0107. The maximum absolute atomic E-state index is 13.9. The number of carbonyl (C=O) groups is 4. The molecule has 3 amide bonds. The molecule has 2 unspecified atom stereocenters. The van der Waals surface area contributed by atoms with Gasteiger partial charge in [-0.2, -0.15) is 0 Å². The Kier molecular flexibility index (Phi) is 12.6. The molecule has 9 nitrogen and oxygen atoms in total. The second-order valence-electron chi connectivity index (χ2n) is 9.77. The molecule has 1 aromatic carbocycles. The molecule has 0 saturated carbocycles. The van der Waals surface area contributed by atoms with E-state index in [0.717, 1.165) is 5.56 Å². The Hall–Kier alpha value is -3.62. The minimum atomic E-state index is -1.06. The van der Waals surface area contributed by atoms with Gasteiger partial charge in [0.1, 0.15) is 17.7 Å². The van der Waals surface area contributed by atoms with Crippen LogP contribution in [0, 0.1) is 5.92 Å². The van der Waals surface area contributed by atoms with Crippen molar-refractivity contribution in [2.75, 3.05) is 19.7 Å². The van der Waals surface area contributed by atoms with Crippen molar-refractivity contribution in [3.05, 3.63) is 54.6 Å². The van der Waals surface area contributed by atoms with Crippen LogP contribution in [0.15, 0.2) is 43.5 Å². The summed E-state index contributed by atoms with van der Waals surface area (Å²) in [6.45, 7) is 18.3. The lowest BCUT2D eigenvalue weighted by atomic mass is 9.97. The molecule has 0 aliphatic heterocycles. The van der Waals surface area contributed by atoms with E-state index >= 15 is 0 Å². The SMILES string of the molecule is C=CCN(C(=O)C(NC(=O)OC(C)(C)C)C(C)C)C(C(=O)NCCC(=O)OCC)c1cccc(C=C)c1. The lowest BCUT2D eigenvalue weighted by molar-refractivity contribution is -0.144. The number of carbonyl (C=O) groups excluding carboxylic acids is 4. The summed E-state index contributed by atoms with van der Waals surface area (Å²) in [5, 5.41) is 5.39. The standard InChI is InChI=1S/C28H41N3O6/c1-9-17-31(26(34)23(19(4)5)30-27(35)37-28(6,7)8)24(21-14-12-13-20(10-2)18-21)25(33)29-16-15-22(32)36-11-3/h9-10,12-14,18-19,23-24H,1-2,11,15-17H2,3-8H3,(H,29,33)(H,30,35). The molecular weight excluding hydrogens is 474 g/mol. The van der Waals surface area contributed by atoms with Crippen LogP contribution in [-0.2, 0) is 23.9 Å². The van der Waals surface area contributed by atoms with Crippen molar-refractivity contribution in [3.63, 3.8) is 0 Å². The van der Waals surface area contributed by atoms with Gasteiger partial charge in [-0.15, -0.1) is 6.58 Å². The Bertz CT molecular complexity index is 967. The van der Waals surface area contributed by atoms with Gasteiger partial charge in [0.25, 0.3) is 0 Å². The molecule has 0 saturated heterocycles. The Morgan fingerprint density at radius 3 is 2.35 bits per heavy atom. The van der Waals surface area contributed by atoms with Crippen molar-refractivity contribution in [3.8, 4) is 0 Å². The molecule has 1 aromatic rings. The molecule has 0 aliphatic carbocycles. The van der Waals surface area contributed by atoms with Crippen molar-refractivity contribution in [1.82, 2.24) is 15.5 Å². The molecule has 0 heterocycles. The molecule has 1 rings (SSSR count). The van der Waals surface area contributed by atoms with Crippen LogP contribution in [0.3, 0.4) is 0 Å². The second kappa shape index (κ2) is 14.8. The van der Waals surface area contributed by atoms with Gasteiger partial charge in [0.2, 0.25) is 11.8 Å². The number of benzene rings is 1. The predicted molar refractivity (Wildman–Crippen MR) is 143 cm³/mol. The van der Waals surface area contributed by atoms with Crippen LogP contribution in [-0.4, -0.2) is 60.1 Å². The van der Waals surface area contributed by atoms with E-state index in [1.54, 1.807) is 65.8 Å². The Morgan fingerprint density at radius 1 is 1.14 bits per heavy atom. The summed E-state index contributed by atoms with van der Waals surface area (Å²) in [6.07, 6.45) is 2.41. The molecular formula is C28H41N3O6. The third kappa shape index (κ3) is 10.5. The van der Waals surface area contributed by atoms with Crippen LogP contribution in [0.25, 0.3) is 6.08 Å². The van der Waals surface area contributed by atoms with Crippen LogP contribution in [0.1, 0.15) is 65.1 Å². The van der Waals surface area contributed by atoms with Crippen LogP contribution in [0.2, 0.25) is 0 Å². The highest BCUT2D eigenvalue weighted by Crippen LogP contribution is 2.25. The third-order valence-corrected chi connectivity index (χ3v) is 5.17. The van der Waals surface area contributed by atoms with Gasteiger partial charge in [0.15, 0.2) is 0 Å². The van der Waals surface area contributed by atoms with Crippen molar-refractivity contribution in [2.45, 2.75) is 65.6 Å². The van der Waals surface area contributed by atoms with Gasteiger partial charge >= 0.3 is 12.1 Å². The number of amides is 3. The fourth-order valence-electron chi connectivity index (χ4n) is 3.53. The highest BCUT2D eigenvalue weighted by molar-refractivity contribution is 5.92. The van der Waals surface area contributed by atoms with E-state index in [1.807, 2.05) is 6.07 Å². The van der Waals surface area contributed by atoms with Crippen LogP contribution in [0.5, 0.6) is 0 Å².